The van der Waals surface area contributed by atoms with Gasteiger partial charge in [-0.1, -0.05) is 27.7 Å². The summed E-state index contributed by atoms with van der Waals surface area (Å²) < 4.78 is 27.2. The van der Waals surface area contributed by atoms with E-state index in [4.69, 9.17) is 5.73 Å². The van der Waals surface area contributed by atoms with Crippen molar-refractivity contribution in [3.63, 3.8) is 0 Å². The summed E-state index contributed by atoms with van der Waals surface area (Å²) in [7, 11) is -3.53. The van der Waals surface area contributed by atoms with Gasteiger partial charge in [-0.05, 0) is 24.8 Å². The van der Waals surface area contributed by atoms with Crippen molar-refractivity contribution in [1.82, 2.24) is 9.29 Å². The third-order valence-corrected chi connectivity index (χ3v) is 5.17. The number of pyridine rings is 1. The van der Waals surface area contributed by atoms with Gasteiger partial charge in [0.15, 0.2) is 0 Å². The van der Waals surface area contributed by atoms with Gasteiger partial charge >= 0.3 is 0 Å². The maximum atomic E-state index is 12.8. The van der Waals surface area contributed by atoms with Crippen LogP contribution in [-0.2, 0) is 10.0 Å². The third-order valence-electron chi connectivity index (χ3n) is 3.25. The van der Waals surface area contributed by atoms with Gasteiger partial charge in [-0.2, -0.15) is 4.31 Å². The quantitative estimate of drug-likeness (QED) is 0.839. The highest BCUT2D eigenvalue weighted by Gasteiger charge is 2.30. The van der Waals surface area contributed by atoms with E-state index in [-0.39, 0.29) is 22.7 Å². The van der Waals surface area contributed by atoms with Gasteiger partial charge in [-0.3, -0.25) is 0 Å². The Morgan fingerprint density at radius 3 is 2.35 bits per heavy atom. The number of hydrogen-bond donors (Lipinski definition) is 1. The minimum atomic E-state index is -3.53. The first-order valence-electron chi connectivity index (χ1n) is 7.06. The molecule has 1 aromatic rings. The molecule has 1 rings (SSSR count). The van der Waals surface area contributed by atoms with Gasteiger partial charge < -0.3 is 5.73 Å². The highest BCUT2D eigenvalue weighted by molar-refractivity contribution is 7.89. The fourth-order valence-electron chi connectivity index (χ4n) is 2.22. The molecular formula is C14H25N3O2S. The van der Waals surface area contributed by atoms with Crippen molar-refractivity contribution in [2.75, 3.05) is 12.3 Å². The molecule has 0 unspecified atom stereocenters. The highest BCUT2D eigenvalue weighted by atomic mass is 32.2. The zero-order chi connectivity index (χ0) is 15.3. The highest BCUT2D eigenvalue weighted by Crippen LogP contribution is 2.23. The van der Waals surface area contributed by atoms with Gasteiger partial charge in [0.2, 0.25) is 10.0 Å². The number of nitrogens with zero attached hydrogens (tertiary/aromatic N) is 2. The van der Waals surface area contributed by atoms with Crippen LogP contribution >= 0.6 is 0 Å². The van der Waals surface area contributed by atoms with Gasteiger partial charge in [0, 0.05) is 24.8 Å². The minimum absolute atomic E-state index is 0.0109. The van der Waals surface area contributed by atoms with Gasteiger partial charge in [0.1, 0.15) is 5.82 Å². The molecule has 0 saturated heterocycles. The largest absolute Gasteiger partial charge is 0.384 e. The first kappa shape index (κ1) is 16.9. The molecule has 0 saturated carbocycles. The van der Waals surface area contributed by atoms with E-state index in [0.29, 0.717) is 6.54 Å². The molecule has 0 aliphatic heterocycles. The Kier molecular flexibility index (Phi) is 5.95. The Morgan fingerprint density at radius 2 is 1.90 bits per heavy atom. The molecule has 0 aliphatic carbocycles. The van der Waals surface area contributed by atoms with Crippen LogP contribution in [0.3, 0.4) is 0 Å². The fourth-order valence-corrected chi connectivity index (χ4v) is 4.18. The van der Waals surface area contributed by atoms with Crippen LogP contribution in [0.4, 0.5) is 5.82 Å². The van der Waals surface area contributed by atoms with Crippen molar-refractivity contribution in [3.05, 3.63) is 18.3 Å². The Balaban J connectivity index is 3.23. The zero-order valence-electron chi connectivity index (χ0n) is 12.7. The Morgan fingerprint density at radius 1 is 1.30 bits per heavy atom. The van der Waals surface area contributed by atoms with Crippen LogP contribution in [-0.4, -0.2) is 30.3 Å². The molecule has 6 heteroatoms. The third kappa shape index (κ3) is 3.93. The molecule has 5 nitrogen and oxygen atoms in total. The molecule has 0 atom stereocenters. The minimum Gasteiger partial charge on any atom is -0.384 e. The Labute approximate surface area is 122 Å². The van der Waals surface area contributed by atoms with E-state index in [1.807, 2.05) is 27.7 Å². The first-order valence-corrected chi connectivity index (χ1v) is 8.50. The molecule has 1 heterocycles. The second-order valence-electron chi connectivity index (χ2n) is 5.36. The van der Waals surface area contributed by atoms with Crippen molar-refractivity contribution in [1.29, 1.82) is 0 Å². The van der Waals surface area contributed by atoms with Crippen LogP contribution in [0.25, 0.3) is 0 Å². The summed E-state index contributed by atoms with van der Waals surface area (Å²) >= 11 is 0. The molecule has 20 heavy (non-hydrogen) atoms. The van der Waals surface area contributed by atoms with Crippen LogP contribution in [0.15, 0.2) is 23.2 Å². The lowest BCUT2D eigenvalue weighted by Crippen LogP contribution is -2.42. The Hall–Kier alpha value is -1.14. The molecule has 0 radical (unpaired) electrons. The summed E-state index contributed by atoms with van der Waals surface area (Å²) in [4.78, 5) is 4.07. The molecule has 0 spiro atoms. The van der Waals surface area contributed by atoms with Crippen molar-refractivity contribution in [2.45, 2.75) is 51.5 Å². The number of nitrogen functional groups attached to an aromatic ring is 1. The predicted molar refractivity (Wildman–Crippen MR) is 81.7 cm³/mol. The molecule has 0 bridgehead atoms. The van der Waals surface area contributed by atoms with Crippen LogP contribution in [0, 0.1) is 5.92 Å². The van der Waals surface area contributed by atoms with Crippen molar-refractivity contribution >= 4 is 15.8 Å². The summed E-state index contributed by atoms with van der Waals surface area (Å²) in [6.07, 6.45) is 3.02. The summed E-state index contributed by atoms with van der Waals surface area (Å²) in [6, 6.07) is 2.93. The average Bonchev–Trinajstić information content (AvgIpc) is 2.38. The van der Waals surface area contributed by atoms with E-state index in [1.165, 1.54) is 18.3 Å². The molecule has 0 aliphatic rings. The van der Waals surface area contributed by atoms with Crippen LogP contribution in [0.1, 0.15) is 40.5 Å². The molecule has 1 aromatic heterocycles. The Bertz CT molecular complexity index is 525. The van der Waals surface area contributed by atoms with Gasteiger partial charge in [-0.25, -0.2) is 13.4 Å². The lowest BCUT2D eigenvalue weighted by molar-refractivity contribution is 0.277. The number of sulfonamides is 1. The second kappa shape index (κ2) is 7.04. The SMILES string of the molecule is CCC(CC)N(CC(C)C)S(=O)(=O)c1ccnc(N)c1. The zero-order valence-corrected chi connectivity index (χ0v) is 13.5. The molecule has 0 fully saturated rings. The molecule has 2 N–H and O–H groups in total. The van der Waals surface area contributed by atoms with Crippen molar-refractivity contribution < 1.29 is 8.42 Å². The topological polar surface area (TPSA) is 76.3 Å². The van der Waals surface area contributed by atoms with Gasteiger partial charge in [-0.15, -0.1) is 0 Å². The lowest BCUT2D eigenvalue weighted by atomic mass is 10.1. The molecule has 114 valence electrons. The lowest BCUT2D eigenvalue weighted by Gasteiger charge is -2.31. The standard InChI is InChI=1S/C14H25N3O2S/c1-5-12(6-2)17(10-11(3)4)20(18,19)13-7-8-16-14(15)9-13/h7-9,11-12H,5-6,10H2,1-4H3,(H2,15,16). The van der Waals surface area contributed by atoms with Gasteiger partial charge in [0.25, 0.3) is 0 Å². The van der Waals surface area contributed by atoms with E-state index in [0.717, 1.165) is 12.8 Å². The fraction of sp³-hybridized carbons (Fsp3) is 0.643. The molecule has 0 aromatic carbocycles. The number of nitrogens with two attached hydrogens (primary N) is 1. The monoisotopic (exact) mass is 299 g/mol. The van der Waals surface area contributed by atoms with E-state index in [2.05, 4.69) is 4.98 Å². The second-order valence-corrected chi connectivity index (χ2v) is 7.25. The van der Waals surface area contributed by atoms with Crippen LogP contribution < -0.4 is 5.73 Å². The van der Waals surface area contributed by atoms with E-state index >= 15 is 0 Å². The number of anilines is 1. The predicted octanol–water partition coefficient (Wildman–Crippen LogP) is 2.50. The number of rotatable bonds is 7. The molecular weight excluding hydrogens is 274 g/mol. The maximum Gasteiger partial charge on any atom is 0.243 e. The maximum absolute atomic E-state index is 12.8. The van der Waals surface area contributed by atoms with Crippen molar-refractivity contribution in [3.8, 4) is 0 Å². The van der Waals surface area contributed by atoms with E-state index in [1.54, 1.807) is 4.31 Å². The first-order chi connectivity index (χ1) is 9.32. The summed E-state index contributed by atoms with van der Waals surface area (Å²) in [5.41, 5.74) is 5.60. The summed E-state index contributed by atoms with van der Waals surface area (Å²) in [5, 5.41) is 0. The van der Waals surface area contributed by atoms with Gasteiger partial charge in [0.05, 0.1) is 4.90 Å². The van der Waals surface area contributed by atoms with Crippen LogP contribution in [0.2, 0.25) is 0 Å². The smallest absolute Gasteiger partial charge is 0.243 e. The average molecular weight is 299 g/mol. The van der Waals surface area contributed by atoms with E-state index < -0.39 is 10.0 Å². The van der Waals surface area contributed by atoms with Crippen LogP contribution in [0.5, 0.6) is 0 Å². The number of hydrogen-bond acceptors (Lipinski definition) is 4. The van der Waals surface area contributed by atoms with Crippen molar-refractivity contribution in [2.24, 2.45) is 5.92 Å². The number of aromatic nitrogens is 1. The summed E-state index contributed by atoms with van der Waals surface area (Å²) in [5.74, 6) is 0.490. The summed E-state index contributed by atoms with van der Waals surface area (Å²) in [6.45, 7) is 8.57. The van der Waals surface area contributed by atoms with E-state index in [9.17, 15) is 8.42 Å². The molecule has 0 amide bonds. The normalized spacial score (nSPS) is 12.6.